The maximum absolute atomic E-state index is 12.2. The molecule has 0 spiro atoms. The Morgan fingerprint density at radius 3 is 3.05 bits per heavy atom. The maximum Gasteiger partial charge on any atom is 0.240 e. The van der Waals surface area contributed by atoms with Crippen molar-refractivity contribution < 1.29 is 9.90 Å². The first-order chi connectivity index (χ1) is 9.16. The van der Waals surface area contributed by atoms with Gasteiger partial charge < -0.3 is 15.3 Å². The summed E-state index contributed by atoms with van der Waals surface area (Å²) in [6.45, 7) is 4.23. The number of nitrogens with one attached hydrogen (secondary N) is 1. The molecular formula is C14H21N3O2. The summed E-state index contributed by atoms with van der Waals surface area (Å²) in [6, 6.07) is 6.76. The summed E-state index contributed by atoms with van der Waals surface area (Å²) in [5.41, 5.74) is 0.720. The zero-order chi connectivity index (χ0) is 13.7. The van der Waals surface area contributed by atoms with Gasteiger partial charge in [0.1, 0.15) is 5.75 Å². The second kappa shape index (κ2) is 6.54. The number of phenolic OH excluding ortho intramolecular Hbond substituents is 1. The van der Waals surface area contributed by atoms with Crippen LogP contribution >= 0.6 is 0 Å². The number of hydrogen-bond donors (Lipinski definition) is 2. The summed E-state index contributed by atoms with van der Waals surface area (Å²) in [5.74, 6) is 0.226. The second-order valence-electron chi connectivity index (χ2n) is 4.85. The van der Waals surface area contributed by atoms with Crippen molar-refractivity contribution >= 4 is 11.6 Å². The Labute approximate surface area is 113 Å². The average Bonchev–Trinajstić information content (AvgIpc) is 2.66. The lowest BCUT2D eigenvalue weighted by Crippen LogP contribution is -2.39. The van der Waals surface area contributed by atoms with Crippen LogP contribution in [0.5, 0.6) is 5.75 Å². The van der Waals surface area contributed by atoms with Gasteiger partial charge in [-0.2, -0.15) is 0 Å². The molecule has 1 fully saturated rings. The minimum absolute atomic E-state index is 0.0486. The summed E-state index contributed by atoms with van der Waals surface area (Å²) in [7, 11) is 1.74. The normalized spacial score (nSPS) is 16.9. The van der Waals surface area contributed by atoms with Crippen molar-refractivity contribution in [1.82, 2.24) is 10.2 Å². The molecule has 104 valence electrons. The smallest absolute Gasteiger partial charge is 0.240 e. The van der Waals surface area contributed by atoms with Gasteiger partial charge in [-0.25, -0.2) is 0 Å². The second-order valence-corrected chi connectivity index (χ2v) is 4.85. The van der Waals surface area contributed by atoms with Crippen molar-refractivity contribution in [1.29, 1.82) is 0 Å². The van der Waals surface area contributed by atoms with Gasteiger partial charge in [0, 0.05) is 31.9 Å². The number of anilines is 1. The lowest BCUT2D eigenvalue weighted by atomic mass is 10.2. The molecule has 1 aliphatic rings. The molecule has 5 nitrogen and oxygen atoms in total. The first-order valence-electron chi connectivity index (χ1n) is 6.65. The van der Waals surface area contributed by atoms with Gasteiger partial charge in [0.25, 0.3) is 0 Å². The zero-order valence-electron chi connectivity index (χ0n) is 11.3. The van der Waals surface area contributed by atoms with Crippen LogP contribution in [0.3, 0.4) is 0 Å². The Kier molecular flexibility index (Phi) is 4.76. The van der Waals surface area contributed by atoms with Crippen molar-refractivity contribution in [3.63, 3.8) is 0 Å². The Balaban J connectivity index is 1.95. The molecule has 1 heterocycles. The van der Waals surface area contributed by atoms with E-state index in [4.69, 9.17) is 0 Å². The quantitative estimate of drug-likeness (QED) is 0.841. The Hall–Kier alpha value is -1.59. The molecule has 0 aromatic heterocycles. The Bertz CT molecular complexity index is 428. The first-order valence-corrected chi connectivity index (χ1v) is 6.65. The van der Waals surface area contributed by atoms with E-state index in [1.54, 1.807) is 30.1 Å². The van der Waals surface area contributed by atoms with E-state index in [1.165, 1.54) is 0 Å². The van der Waals surface area contributed by atoms with E-state index in [9.17, 15) is 9.90 Å². The van der Waals surface area contributed by atoms with Crippen molar-refractivity contribution in [2.45, 2.75) is 6.42 Å². The third-order valence-electron chi connectivity index (χ3n) is 3.38. The van der Waals surface area contributed by atoms with Crippen molar-refractivity contribution in [2.24, 2.45) is 0 Å². The molecule has 0 bridgehead atoms. The van der Waals surface area contributed by atoms with Crippen LogP contribution in [0.15, 0.2) is 24.3 Å². The molecule has 0 unspecified atom stereocenters. The van der Waals surface area contributed by atoms with Gasteiger partial charge >= 0.3 is 0 Å². The highest BCUT2D eigenvalue weighted by atomic mass is 16.3. The predicted molar refractivity (Wildman–Crippen MR) is 75.4 cm³/mol. The highest BCUT2D eigenvalue weighted by Crippen LogP contribution is 2.19. The standard InChI is InChI=1S/C14H21N3O2/c1-16(12-4-2-5-13(18)10-12)14(19)11-17-8-3-6-15-7-9-17/h2,4-5,10,15,18H,3,6-9,11H2,1H3. The first kappa shape index (κ1) is 13.8. The molecule has 5 heteroatoms. The summed E-state index contributed by atoms with van der Waals surface area (Å²) in [4.78, 5) is 16.0. The van der Waals surface area contributed by atoms with Gasteiger partial charge in [-0.3, -0.25) is 9.69 Å². The fourth-order valence-electron chi connectivity index (χ4n) is 2.20. The van der Waals surface area contributed by atoms with Gasteiger partial charge in [0.2, 0.25) is 5.91 Å². The summed E-state index contributed by atoms with van der Waals surface area (Å²) in [5, 5.41) is 12.8. The van der Waals surface area contributed by atoms with Crippen LogP contribution in [0.2, 0.25) is 0 Å². The van der Waals surface area contributed by atoms with Gasteiger partial charge in [0.05, 0.1) is 6.54 Å². The van der Waals surface area contributed by atoms with E-state index >= 15 is 0 Å². The van der Waals surface area contributed by atoms with Crippen LogP contribution in [-0.4, -0.2) is 55.7 Å². The van der Waals surface area contributed by atoms with Crippen molar-refractivity contribution in [3.05, 3.63) is 24.3 Å². The number of carbonyl (C=O) groups excluding carboxylic acids is 1. The van der Waals surface area contributed by atoms with Crippen molar-refractivity contribution in [3.8, 4) is 5.75 Å². The molecule has 19 heavy (non-hydrogen) atoms. The summed E-state index contributed by atoms with van der Waals surface area (Å²) >= 11 is 0. The van der Waals surface area contributed by atoms with Crippen LogP contribution in [0.4, 0.5) is 5.69 Å². The van der Waals surface area contributed by atoms with E-state index in [1.807, 2.05) is 6.07 Å². The fraction of sp³-hybridized carbons (Fsp3) is 0.500. The summed E-state index contributed by atoms with van der Waals surface area (Å²) in [6.07, 6.45) is 1.07. The molecule has 2 rings (SSSR count). The molecule has 1 aromatic rings. The summed E-state index contributed by atoms with van der Waals surface area (Å²) < 4.78 is 0. The van der Waals surface area contributed by atoms with Gasteiger partial charge in [0.15, 0.2) is 0 Å². The third kappa shape index (κ3) is 3.94. The van der Waals surface area contributed by atoms with E-state index in [-0.39, 0.29) is 11.7 Å². The van der Waals surface area contributed by atoms with Crippen LogP contribution < -0.4 is 10.2 Å². The largest absolute Gasteiger partial charge is 0.508 e. The number of benzene rings is 1. The monoisotopic (exact) mass is 263 g/mol. The molecule has 0 aliphatic carbocycles. The van der Waals surface area contributed by atoms with E-state index in [0.717, 1.165) is 38.3 Å². The SMILES string of the molecule is CN(C(=O)CN1CCCNCC1)c1cccc(O)c1. The van der Waals surface area contributed by atoms with Crippen LogP contribution in [0, 0.1) is 0 Å². The minimum Gasteiger partial charge on any atom is -0.508 e. The minimum atomic E-state index is 0.0486. The van der Waals surface area contributed by atoms with Crippen LogP contribution in [-0.2, 0) is 4.79 Å². The van der Waals surface area contributed by atoms with E-state index < -0.39 is 0 Å². The van der Waals surface area contributed by atoms with Crippen LogP contribution in [0.1, 0.15) is 6.42 Å². The van der Waals surface area contributed by atoms with Gasteiger partial charge in [-0.15, -0.1) is 0 Å². The molecule has 1 aromatic carbocycles. The molecule has 0 radical (unpaired) electrons. The molecule has 1 saturated heterocycles. The number of phenols is 1. The fourth-order valence-corrected chi connectivity index (χ4v) is 2.20. The number of carbonyl (C=O) groups is 1. The van der Waals surface area contributed by atoms with Gasteiger partial charge in [-0.1, -0.05) is 6.07 Å². The van der Waals surface area contributed by atoms with E-state index in [0.29, 0.717) is 6.54 Å². The highest BCUT2D eigenvalue weighted by Gasteiger charge is 2.16. The van der Waals surface area contributed by atoms with Crippen molar-refractivity contribution in [2.75, 3.05) is 44.7 Å². The van der Waals surface area contributed by atoms with E-state index in [2.05, 4.69) is 10.2 Å². The number of amides is 1. The molecule has 1 amide bonds. The molecule has 0 atom stereocenters. The number of aromatic hydroxyl groups is 1. The van der Waals surface area contributed by atoms with Crippen LogP contribution in [0.25, 0.3) is 0 Å². The molecular weight excluding hydrogens is 242 g/mol. The molecule has 0 saturated carbocycles. The topological polar surface area (TPSA) is 55.8 Å². The number of likely N-dealkylation sites (N-methyl/N-ethyl adjacent to an activating group) is 1. The third-order valence-corrected chi connectivity index (χ3v) is 3.38. The maximum atomic E-state index is 12.2. The highest BCUT2D eigenvalue weighted by molar-refractivity contribution is 5.94. The zero-order valence-corrected chi connectivity index (χ0v) is 11.3. The molecule has 2 N–H and O–H groups in total. The van der Waals surface area contributed by atoms with Gasteiger partial charge in [-0.05, 0) is 31.6 Å². The number of rotatable bonds is 3. The lowest BCUT2D eigenvalue weighted by Gasteiger charge is -2.23. The predicted octanol–water partition coefficient (Wildman–Crippen LogP) is 0.650. The Morgan fingerprint density at radius 1 is 1.42 bits per heavy atom. The molecule has 1 aliphatic heterocycles. The number of hydrogen-bond acceptors (Lipinski definition) is 4. The average molecular weight is 263 g/mol. The lowest BCUT2D eigenvalue weighted by molar-refractivity contribution is -0.119. The Morgan fingerprint density at radius 2 is 2.26 bits per heavy atom. The number of nitrogens with zero attached hydrogens (tertiary/aromatic N) is 2.